The van der Waals surface area contributed by atoms with Gasteiger partial charge < -0.3 is 15.8 Å². The van der Waals surface area contributed by atoms with Crippen molar-refractivity contribution in [2.24, 2.45) is 11.1 Å². The minimum absolute atomic E-state index is 0.0251. The fourth-order valence-corrected chi connectivity index (χ4v) is 4.24. The first-order valence-electron chi connectivity index (χ1n) is 8.32. The highest BCUT2D eigenvalue weighted by Gasteiger charge is 2.65. The molecule has 0 aromatic rings. The van der Waals surface area contributed by atoms with Crippen molar-refractivity contribution < 1.29 is 9.53 Å². The average Bonchev–Trinajstić information content (AvgIpc) is 3.07. The normalized spacial score (nSPS) is 24.3. The molecule has 0 aliphatic heterocycles. The van der Waals surface area contributed by atoms with E-state index in [-0.39, 0.29) is 22.6 Å². The highest BCUT2D eigenvalue weighted by Crippen LogP contribution is 2.63. The summed E-state index contributed by atoms with van der Waals surface area (Å²) >= 11 is 0. The minimum atomic E-state index is -0.463. The third-order valence-corrected chi connectivity index (χ3v) is 5.35. The topological polar surface area (TPSA) is 64.3 Å². The van der Waals surface area contributed by atoms with Crippen molar-refractivity contribution in [3.8, 4) is 0 Å². The zero-order chi connectivity index (χ0) is 15.9. The Labute approximate surface area is 129 Å². The van der Waals surface area contributed by atoms with Gasteiger partial charge in [0.2, 0.25) is 0 Å². The summed E-state index contributed by atoms with van der Waals surface area (Å²) in [7, 11) is 0. The molecular formula is C17H32N2O2. The summed E-state index contributed by atoms with van der Waals surface area (Å²) in [6, 6.07) is 0. The van der Waals surface area contributed by atoms with E-state index in [1.807, 2.05) is 20.8 Å². The lowest BCUT2D eigenvalue weighted by molar-refractivity contribution is 0.0217. The van der Waals surface area contributed by atoms with E-state index in [9.17, 15) is 4.79 Å². The van der Waals surface area contributed by atoms with E-state index in [0.29, 0.717) is 0 Å². The van der Waals surface area contributed by atoms with Crippen LogP contribution in [0.3, 0.4) is 0 Å². The molecule has 0 radical (unpaired) electrons. The summed E-state index contributed by atoms with van der Waals surface area (Å²) in [4.78, 5) is 12.4. The van der Waals surface area contributed by atoms with Gasteiger partial charge in [0.1, 0.15) is 5.60 Å². The van der Waals surface area contributed by atoms with E-state index >= 15 is 0 Å². The first-order chi connectivity index (χ1) is 9.52. The zero-order valence-electron chi connectivity index (χ0n) is 14.3. The van der Waals surface area contributed by atoms with Gasteiger partial charge in [0, 0.05) is 11.0 Å². The molecule has 3 N–H and O–H groups in total. The molecule has 0 unspecified atom stereocenters. The Morgan fingerprint density at radius 1 is 1.00 bits per heavy atom. The standard InChI is InChI=1S/C17H32N2O2/c1-14(2,3)21-13(20)19-17(9-7-6-8-10-17)16(11-12-16)15(4,5)18/h6-12,18H2,1-5H3,(H,19,20). The van der Waals surface area contributed by atoms with E-state index in [0.717, 1.165) is 38.5 Å². The third-order valence-electron chi connectivity index (χ3n) is 5.35. The van der Waals surface area contributed by atoms with Crippen molar-refractivity contribution in [3.63, 3.8) is 0 Å². The highest BCUT2D eigenvalue weighted by molar-refractivity contribution is 5.69. The van der Waals surface area contributed by atoms with Crippen molar-refractivity contribution in [1.82, 2.24) is 5.32 Å². The molecular weight excluding hydrogens is 264 g/mol. The summed E-state index contributed by atoms with van der Waals surface area (Å²) in [6.07, 6.45) is 7.53. The zero-order valence-corrected chi connectivity index (χ0v) is 14.3. The van der Waals surface area contributed by atoms with Crippen LogP contribution in [0, 0.1) is 5.41 Å². The summed E-state index contributed by atoms with van der Waals surface area (Å²) < 4.78 is 5.51. The largest absolute Gasteiger partial charge is 0.444 e. The van der Waals surface area contributed by atoms with Gasteiger partial charge in [-0.3, -0.25) is 0 Å². The molecule has 2 rings (SSSR count). The van der Waals surface area contributed by atoms with E-state index in [4.69, 9.17) is 10.5 Å². The molecule has 0 bridgehead atoms. The Morgan fingerprint density at radius 2 is 1.52 bits per heavy atom. The van der Waals surface area contributed by atoms with E-state index < -0.39 is 5.60 Å². The van der Waals surface area contributed by atoms with Crippen LogP contribution < -0.4 is 11.1 Å². The van der Waals surface area contributed by atoms with Crippen LogP contribution in [0.15, 0.2) is 0 Å². The predicted molar refractivity (Wildman–Crippen MR) is 85.1 cm³/mol. The van der Waals surface area contributed by atoms with Gasteiger partial charge in [0.25, 0.3) is 0 Å². The van der Waals surface area contributed by atoms with Crippen molar-refractivity contribution in [2.75, 3.05) is 0 Å². The Bertz CT molecular complexity index is 394. The number of carbonyl (C=O) groups excluding carboxylic acids is 1. The molecule has 0 aromatic carbocycles. The Morgan fingerprint density at radius 3 is 1.90 bits per heavy atom. The van der Waals surface area contributed by atoms with Crippen molar-refractivity contribution >= 4 is 6.09 Å². The molecule has 0 heterocycles. The summed E-state index contributed by atoms with van der Waals surface area (Å²) in [6.45, 7) is 9.92. The maximum Gasteiger partial charge on any atom is 0.408 e. The number of alkyl carbamates (subject to hydrolysis) is 1. The molecule has 2 saturated carbocycles. The highest BCUT2D eigenvalue weighted by atomic mass is 16.6. The van der Waals surface area contributed by atoms with E-state index in [2.05, 4.69) is 19.2 Å². The van der Waals surface area contributed by atoms with Gasteiger partial charge in [-0.1, -0.05) is 19.3 Å². The predicted octanol–water partition coefficient (Wildman–Crippen LogP) is 3.73. The molecule has 122 valence electrons. The maximum absolute atomic E-state index is 12.4. The SMILES string of the molecule is CC(C)(C)OC(=O)NC1(C2(C(C)(C)N)CC2)CCCCC1. The molecule has 21 heavy (non-hydrogen) atoms. The lowest BCUT2D eigenvalue weighted by Gasteiger charge is -2.50. The van der Waals surface area contributed by atoms with Gasteiger partial charge >= 0.3 is 6.09 Å². The van der Waals surface area contributed by atoms with Crippen molar-refractivity contribution in [1.29, 1.82) is 0 Å². The van der Waals surface area contributed by atoms with E-state index in [1.165, 1.54) is 6.42 Å². The number of rotatable bonds is 3. The number of hydrogen-bond acceptors (Lipinski definition) is 3. The van der Waals surface area contributed by atoms with Crippen LogP contribution in [0.4, 0.5) is 4.79 Å². The lowest BCUT2D eigenvalue weighted by atomic mass is 9.63. The van der Waals surface area contributed by atoms with Crippen molar-refractivity contribution in [3.05, 3.63) is 0 Å². The molecule has 2 aliphatic rings. The van der Waals surface area contributed by atoms with Gasteiger partial charge in [-0.25, -0.2) is 4.79 Å². The van der Waals surface area contributed by atoms with Crippen LogP contribution >= 0.6 is 0 Å². The van der Waals surface area contributed by atoms with Gasteiger partial charge in [-0.15, -0.1) is 0 Å². The van der Waals surface area contributed by atoms with Gasteiger partial charge in [-0.05, 0) is 60.3 Å². The fraction of sp³-hybridized carbons (Fsp3) is 0.941. The monoisotopic (exact) mass is 296 g/mol. The molecule has 0 atom stereocenters. The Balaban J connectivity index is 2.21. The number of amides is 1. The Kier molecular flexibility index (Phi) is 4.07. The van der Waals surface area contributed by atoms with Gasteiger partial charge in [0.15, 0.2) is 0 Å². The quantitative estimate of drug-likeness (QED) is 0.834. The second-order valence-corrected chi connectivity index (χ2v) is 8.57. The van der Waals surface area contributed by atoms with Crippen LogP contribution in [0.25, 0.3) is 0 Å². The van der Waals surface area contributed by atoms with Gasteiger partial charge in [0.05, 0.1) is 5.54 Å². The smallest absolute Gasteiger partial charge is 0.408 e. The summed E-state index contributed by atoms with van der Waals surface area (Å²) in [5, 5.41) is 3.26. The summed E-state index contributed by atoms with van der Waals surface area (Å²) in [5.41, 5.74) is 5.60. The van der Waals surface area contributed by atoms with Crippen LogP contribution in [0.2, 0.25) is 0 Å². The number of nitrogens with two attached hydrogens (primary N) is 1. The number of carbonyl (C=O) groups is 1. The number of nitrogens with one attached hydrogen (secondary N) is 1. The Hall–Kier alpha value is -0.770. The maximum atomic E-state index is 12.4. The molecule has 1 amide bonds. The van der Waals surface area contributed by atoms with Crippen LogP contribution in [-0.4, -0.2) is 22.8 Å². The van der Waals surface area contributed by atoms with Crippen molar-refractivity contribution in [2.45, 2.75) is 96.2 Å². The second kappa shape index (κ2) is 5.15. The fourth-order valence-electron chi connectivity index (χ4n) is 4.24. The second-order valence-electron chi connectivity index (χ2n) is 8.57. The number of hydrogen-bond donors (Lipinski definition) is 2. The molecule has 0 aromatic heterocycles. The molecule has 4 nitrogen and oxygen atoms in total. The molecule has 0 spiro atoms. The first-order valence-corrected chi connectivity index (χ1v) is 8.32. The van der Waals surface area contributed by atoms with Crippen LogP contribution in [0.1, 0.15) is 79.6 Å². The average molecular weight is 296 g/mol. The first kappa shape index (κ1) is 16.6. The summed E-state index contributed by atoms with van der Waals surface area (Å²) in [5.74, 6) is 0. The van der Waals surface area contributed by atoms with Crippen LogP contribution in [-0.2, 0) is 4.74 Å². The van der Waals surface area contributed by atoms with Gasteiger partial charge in [-0.2, -0.15) is 0 Å². The van der Waals surface area contributed by atoms with E-state index in [1.54, 1.807) is 0 Å². The third kappa shape index (κ3) is 3.20. The molecule has 2 aliphatic carbocycles. The lowest BCUT2D eigenvalue weighted by Crippen LogP contribution is -2.64. The molecule has 0 saturated heterocycles. The molecule has 2 fully saturated rings. The molecule has 4 heteroatoms. The number of ether oxygens (including phenoxy) is 1. The minimum Gasteiger partial charge on any atom is -0.444 e. The van der Waals surface area contributed by atoms with Crippen LogP contribution in [0.5, 0.6) is 0 Å².